The molecule has 6 nitrogen and oxygen atoms in total. The summed E-state index contributed by atoms with van der Waals surface area (Å²) in [6.45, 7) is 5.92. The van der Waals surface area contributed by atoms with Crippen LogP contribution in [0.25, 0.3) is 0 Å². The normalized spacial score (nSPS) is 16.6. The third-order valence-corrected chi connectivity index (χ3v) is 4.82. The zero-order valence-electron chi connectivity index (χ0n) is 14.5. The minimum absolute atomic E-state index is 0.118. The van der Waals surface area contributed by atoms with Crippen LogP contribution in [-0.4, -0.2) is 47.1 Å². The Kier molecular flexibility index (Phi) is 5.75. The van der Waals surface area contributed by atoms with Crippen molar-refractivity contribution in [2.24, 2.45) is 0 Å². The molecule has 0 radical (unpaired) electrons. The number of aromatic nitrogens is 3. The number of rotatable bonds is 6. The van der Waals surface area contributed by atoms with Gasteiger partial charge in [0.2, 0.25) is 0 Å². The molecule has 0 unspecified atom stereocenters. The molecule has 0 aliphatic carbocycles. The first-order chi connectivity index (χ1) is 12.1. The number of carbonyl (C=O) groups is 1. The maximum atomic E-state index is 13.0. The summed E-state index contributed by atoms with van der Waals surface area (Å²) in [5.41, 5.74) is 1.22. The van der Waals surface area contributed by atoms with E-state index in [0.29, 0.717) is 12.2 Å². The summed E-state index contributed by atoms with van der Waals surface area (Å²) in [7, 11) is 0. The van der Waals surface area contributed by atoms with Gasteiger partial charge in [0.1, 0.15) is 5.82 Å². The molecule has 1 amide bonds. The minimum atomic E-state index is -0.273. The molecule has 1 aliphatic rings. The van der Waals surface area contributed by atoms with E-state index in [-0.39, 0.29) is 17.8 Å². The Morgan fingerprint density at radius 3 is 2.72 bits per heavy atom. The quantitative estimate of drug-likeness (QED) is 0.814. The number of benzene rings is 1. The summed E-state index contributed by atoms with van der Waals surface area (Å²) >= 11 is 0. The van der Waals surface area contributed by atoms with Gasteiger partial charge in [-0.05, 0) is 43.9 Å². The SMILES string of the molecule is C[C@@H](c1ccc(F)cc1)n1cc(C(=O)NCC[NH+]2CCCCC2)nn1. The molecule has 1 aliphatic heterocycles. The molecule has 2 aromatic rings. The molecule has 2 N–H and O–H groups in total. The molecule has 0 bridgehead atoms. The topological polar surface area (TPSA) is 64.2 Å². The van der Waals surface area contributed by atoms with E-state index in [0.717, 1.165) is 12.1 Å². The lowest BCUT2D eigenvalue weighted by atomic mass is 10.1. The third kappa shape index (κ3) is 4.63. The first kappa shape index (κ1) is 17.5. The Balaban J connectivity index is 1.53. The lowest BCUT2D eigenvalue weighted by molar-refractivity contribution is -0.903. The Labute approximate surface area is 147 Å². The highest BCUT2D eigenvalue weighted by Gasteiger charge is 2.16. The third-order valence-electron chi connectivity index (χ3n) is 4.82. The summed E-state index contributed by atoms with van der Waals surface area (Å²) < 4.78 is 14.6. The van der Waals surface area contributed by atoms with Crippen LogP contribution in [0, 0.1) is 5.82 Å². The number of halogens is 1. The second-order valence-electron chi connectivity index (χ2n) is 6.63. The summed E-state index contributed by atoms with van der Waals surface area (Å²) in [6.07, 6.45) is 5.51. The van der Waals surface area contributed by atoms with Gasteiger partial charge in [-0.1, -0.05) is 17.3 Å². The fourth-order valence-corrected chi connectivity index (χ4v) is 3.21. The number of nitrogens with one attached hydrogen (secondary N) is 2. The number of nitrogens with zero attached hydrogens (tertiary/aromatic N) is 3. The Bertz CT molecular complexity index is 694. The van der Waals surface area contributed by atoms with E-state index in [1.807, 2.05) is 6.92 Å². The van der Waals surface area contributed by atoms with E-state index >= 15 is 0 Å². The van der Waals surface area contributed by atoms with Crippen LogP contribution in [0.2, 0.25) is 0 Å². The van der Waals surface area contributed by atoms with E-state index in [1.165, 1.54) is 44.5 Å². The van der Waals surface area contributed by atoms with Gasteiger partial charge in [-0.3, -0.25) is 4.79 Å². The van der Waals surface area contributed by atoms with Gasteiger partial charge < -0.3 is 10.2 Å². The van der Waals surface area contributed by atoms with Gasteiger partial charge in [0, 0.05) is 0 Å². The Morgan fingerprint density at radius 2 is 2.00 bits per heavy atom. The highest BCUT2D eigenvalue weighted by molar-refractivity contribution is 5.91. The van der Waals surface area contributed by atoms with Gasteiger partial charge in [-0.25, -0.2) is 9.07 Å². The molecule has 7 heteroatoms. The van der Waals surface area contributed by atoms with Crippen LogP contribution in [0.5, 0.6) is 0 Å². The maximum Gasteiger partial charge on any atom is 0.273 e. The molecule has 2 heterocycles. The molecule has 134 valence electrons. The molecule has 1 fully saturated rings. The second kappa shape index (κ2) is 8.20. The summed E-state index contributed by atoms with van der Waals surface area (Å²) in [5, 5.41) is 10.9. The minimum Gasteiger partial charge on any atom is -0.345 e. The lowest BCUT2D eigenvalue weighted by Gasteiger charge is -2.23. The van der Waals surface area contributed by atoms with Crippen LogP contribution in [-0.2, 0) is 0 Å². The Morgan fingerprint density at radius 1 is 1.28 bits per heavy atom. The molecular formula is C18H25FN5O+. The van der Waals surface area contributed by atoms with Crippen molar-refractivity contribution in [2.45, 2.75) is 32.2 Å². The van der Waals surface area contributed by atoms with Crippen molar-refractivity contribution in [1.82, 2.24) is 20.3 Å². The highest BCUT2D eigenvalue weighted by Crippen LogP contribution is 2.17. The summed E-state index contributed by atoms with van der Waals surface area (Å²) in [5.74, 6) is -0.473. The molecule has 0 spiro atoms. The highest BCUT2D eigenvalue weighted by atomic mass is 19.1. The zero-order chi connectivity index (χ0) is 17.6. The van der Waals surface area contributed by atoms with Crippen molar-refractivity contribution in [3.63, 3.8) is 0 Å². The van der Waals surface area contributed by atoms with Crippen molar-refractivity contribution >= 4 is 5.91 Å². The fraction of sp³-hybridized carbons (Fsp3) is 0.500. The smallest absolute Gasteiger partial charge is 0.273 e. The fourth-order valence-electron chi connectivity index (χ4n) is 3.21. The maximum absolute atomic E-state index is 13.0. The van der Waals surface area contributed by atoms with Gasteiger partial charge in [0.05, 0.1) is 38.4 Å². The van der Waals surface area contributed by atoms with Crippen molar-refractivity contribution in [3.8, 4) is 0 Å². The largest absolute Gasteiger partial charge is 0.345 e. The van der Waals surface area contributed by atoms with Crippen LogP contribution in [0.15, 0.2) is 30.5 Å². The van der Waals surface area contributed by atoms with Crippen LogP contribution in [0.4, 0.5) is 4.39 Å². The molecule has 1 atom stereocenters. The van der Waals surface area contributed by atoms with Crippen LogP contribution in [0.3, 0.4) is 0 Å². The van der Waals surface area contributed by atoms with Crippen molar-refractivity contribution in [1.29, 1.82) is 0 Å². The number of piperidine rings is 1. The van der Waals surface area contributed by atoms with Gasteiger partial charge in [-0.15, -0.1) is 5.10 Å². The van der Waals surface area contributed by atoms with Crippen LogP contribution >= 0.6 is 0 Å². The first-order valence-corrected chi connectivity index (χ1v) is 8.92. The van der Waals surface area contributed by atoms with Gasteiger partial charge in [0.15, 0.2) is 5.69 Å². The number of quaternary nitrogens is 1. The summed E-state index contributed by atoms with van der Waals surface area (Å²) in [4.78, 5) is 13.8. The van der Waals surface area contributed by atoms with E-state index < -0.39 is 0 Å². The molecule has 1 aromatic carbocycles. The molecule has 1 aromatic heterocycles. The number of hydrogen-bond acceptors (Lipinski definition) is 3. The average molecular weight is 346 g/mol. The molecule has 0 saturated carbocycles. The number of amides is 1. The molecule has 3 rings (SSSR count). The van der Waals surface area contributed by atoms with Crippen molar-refractivity contribution in [3.05, 3.63) is 47.5 Å². The first-order valence-electron chi connectivity index (χ1n) is 8.92. The van der Waals surface area contributed by atoms with Crippen LogP contribution < -0.4 is 10.2 Å². The lowest BCUT2D eigenvalue weighted by Crippen LogP contribution is -3.13. The van der Waals surface area contributed by atoms with Crippen molar-refractivity contribution < 1.29 is 14.1 Å². The number of likely N-dealkylation sites (tertiary alicyclic amines) is 1. The number of hydrogen-bond donors (Lipinski definition) is 2. The van der Waals surface area contributed by atoms with E-state index in [9.17, 15) is 9.18 Å². The van der Waals surface area contributed by atoms with Crippen molar-refractivity contribution in [2.75, 3.05) is 26.2 Å². The van der Waals surface area contributed by atoms with Gasteiger partial charge in [0.25, 0.3) is 5.91 Å². The monoisotopic (exact) mass is 346 g/mol. The molecule has 25 heavy (non-hydrogen) atoms. The summed E-state index contributed by atoms with van der Waals surface area (Å²) in [6, 6.07) is 6.14. The zero-order valence-corrected chi connectivity index (χ0v) is 14.5. The predicted octanol–water partition coefficient (Wildman–Crippen LogP) is 0.825. The molecular weight excluding hydrogens is 321 g/mol. The predicted molar refractivity (Wildman–Crippen MR) is 92.0 cm³/mol. The van der Waals surface area contributed by atoms with E-state index in [2.05, 4.69) is 15.6 Å². The number of carbonyl (C=O) groups excluding carboxylic acids is 1. The molecule has 1 saturated heterocycles. The second-order valence-corrected chi connectivity index (χ2v) is 6.63. The van der Waals surface area contributed by atoms with Gasteiger partial charge in [-0.2, -0.15) is 0 Å². The van der Waals surface area contributed by atoms with E-state index in [1.54, 1.807) is 27.9 Å². The van der Waals surface area contributed by atoms with Crippen LogP contribution in [0.1, 0.15) is 48.3 Å². The van der Waals surface area contributed by atoms with E-state index in [4.69, 9.17) is 0 Å². The Hall–Kier alpha value is -2.28. The standard InChI is InChI=1S/C18H24FN5O/c1-14(15-5-7-16(19)8-6-15)24-13-17(21-22-24)18(25)20-9-12-23-10-3-2-4-11-23/h5-8,13-14H,2-4,9-12H2,1H3,(H,20,25)/p+1/t14-/m0/s1. The van der Waals surface area contributed by atoms with Gasteiger partial charge >= 0.3 is 0 Å². The average Bonchev–Trinajstić information content (AvgIpc) is 3.13.